The highest BCUT2D eigenvalue weighted by atomic mass is 19.3. The van der Waals surface area contributed by atoms with Gasteiger partial charge in [-0.1, -0.05) is 35.0 Å². The third-order valence-corrected chi connectivity index (χ3v) is 3.10. The molecule has 122 valence electrons. The van der Waals surface area contributed by atoms with E-state index < -0.39 is 30.8 Å². The van der Waals surface area contributed by atoms with Crippen LogP contribution in [0.5, 0.6) is 0 Å². The molecule has 2 aromatic rings. The molecule has 8 heteroatoms. The van der Waals surface area contributed by atoms with Gasteiger partial charge in [-0.25, -0.2) is 13.6 Å². The Labute approximate surface area is 130 Å². The summed E-state index contributed by atoms with van der Waals surface area (Å²) in [6.07, 6.45) is -3.84. The predicted molar refractivity (Wildman–Crippen MR) is 76.2 cm³/mol. The molecule has 1 amide bonds. The van der Waals surface area contributed by atoms with Gasteiger partial charge in [0.25, 0.3) is 5.91 Å². The van der Waals surface area contributed by atoms with Crippen molar-refractivity contribution in [2.24, 2.45) is 0 Å². The van der Waals surface area contributed by atoms with Crippen LogP contribution in [0.15, 0.2) is 34.9 Å². The first-order chi connectivity index (χ1) is 10.9. The summed E-state index contributed by atoms with van der Waals surface area (Å²) >= 11 is 0. The fourth-order valence-corrected chi connectivity index (χ4v) is 1.87. The van der Waals surface area contributed by atoms with Crippen LogP contribution in [0.4, 0.5) is 8.78 Å². The van der Waals surface area contributed by atoms with Crippen LogP contribution < -0.4 is 5.32 Å². The topological polar surface area (TPSA) is 92.4 Å². The highest BCUT2D eigenvalue weighted by Crippen LogP contribution is 2.19. The number of nitrogens with zero attached hydrogens (tertiary/aromatic N) is 1. The number of aromatic nitrogens is 1. The largest absolute Gasteiger partial charge is 0.480 e. The summed E-state index contributed by atoms with van der Waals surface area (Å²) in [7, 11) is 0. The van der Waals surface area contributed by atoms with Gasteiger partial charge in [-0.05, 0) is 6.92 Å². The van der Waals surface area contributed by atoms with Crippen LogP contribution in [-0.2, 0) is 4.79 Å². The molecule has 0 bridgehead atoms. The van der Waals surface area contributed by atoms with Gasteiger partial charge in [0.2, 0.25) is 12.2 Å². The lowest BCUT2D eigenvalue weighted by molar-refractivity contribution is -0.140. The first kappa shape index (κ1) is 16.6. The molecule has 0 spiro atoms. The fraction of sp³-hybridized carbons (Fsp3) is 0.267. The zero-order valence-corrected chi connectivity index (χ0v) is 12.1. The first-order valence-electron chi connectivity index (χ1n) is 6.72. The quantitative estimate of drug-likeness (QED) is 0.851. The highest BCUT2D eigenvalue weighted by Gasteiger charge is 2.26. The van der Waals surface area contributed by atoms with Crippen molar-refractivity contribution in [3.8, 4) is 11.3 Å². The van der Waals surface area contributed by atoms with Crippen LogP contribution in [0.2, 0.25) is 0 Å². The molecule has 1 aromatic carbocycles. The van der Waals surface area contributed by atoms with Gasteiger partial charge >= 0.3 is 5.97 Å². The molecule has 0 radical (unpaired) electrons. The Morgan fingerprint density at radius 2 is 1.96 bits per heavy atom. The van der Waals surface area contributed by atoms with Crippen LogP contribution in [0, 0.1) is 6.92 Å². The Bertz CT molecular complexity index is 698. The molecule has 1 aromatic heterocycles. The van der Waals surface area contributed by atoms with Gasteiger partial charge < -0.3 is 14.9 Å². The molecule has 1 heterocycles. The normalized spacial score (nSPS) is 12.2. The first-order valence-corrected chi connectivity index (χ1v) is 6.72. The number of carbonyl (C=O) groups is 2. The van der Waals surface area contributed by atoms with E-state index in [1.807, 2.05) is 24.4 Å². The maximum absolute atomic E-state index is 12.3. The van der Waals surface area contributed by atoms with Crippen LogP contribution in [0.25, 0.3) is 11.3 Å². The zero-order valence-electron chi connectivity index (χ0n) is 12.1. The van der Waals surface area contributed by atoms with Crippen molar-refractivity contribution in [2.75, 3.05) is 0 Å². The van der Waals surface area contributed by atoms with Crippen molar-refractivity contribution in [1.29, 1.82) is 0 Å². The summed E-state index contributed by atoms with van der Waals surface area (Å²) in [6, 6.07) is 6.90. The Kier molecular flexibility index (Phi) is 5.05. The molecule has 0 saturated carbocycles. The van der Waals surface area contributed by atoms with E-state index >= 15 is 0 Å². The molecule has 2 N–H and O–H groups in total. The van der Waals surface area contributed by atoms with Crippen molar-refractivity contribution in [1.82, 2.24) is 10.5 Å². The monoisotopic (exact) mass is 324 g/mol. The average Bonchev–Trinajstić information content (AvgIpc) is 2.96. The van der Waals surface area contributed by atoms with E-state index in [0.29, 0.717) is 11.3 Å². The van der Waals surface area contributed by atoms with E-state index in [2.05, 4.69) is 5.16 Å². The Morgan fingerprint density at radius 3 is 2.52 bits per heavy atom. The molecule has 1 atom stereocenters. The Hall–Kier alpha value is -2.77. The number of alkyl halides is 2. The number of halogens is 2. The number of aryl methyl sites for hydroxylation is 1. The van der Waals surface area contributed by atoms with E-state index in [1.54, 1.807) is 12.1 Å². The third kappa shape index (κ3) is 4.35. The number of hydrogen-bond acceptors (Lipinski definition) is 4. The lowest BCUT2D eigenvalue weighted by Gasteiger charge is -2.12. The van der Waals surface area contributed by atoms with Gasteiger partial charge in [0.15, 0.2) is 0 Å². The standard InChI is InChI=1S/C15H14F2N2O4/c1-8-2-4-9(5-3-8)10-6-12(23-19-10)14(20)18-11(15(21)22)7-13(16)17/h2-6,11,13H,7H2,1H3,(H,18,20)(H,21,22). The van der Waals surface area contributed by atoms with E-state index in [9.17, 15) is 18.4 Å². The van der Waals surface area contributed by atoms with Crippen molar-refractivity contribution >= 4 is 11.9 Å². The fourth-order valence-electron chi connectivity index (χ4n) is 1.87. The molecule has 1 unspecified atom stereocenters. The van der Waals surface area contributed by atoms with Crippen LogP contribution >= 0.6 is 0 Å². The second kappa shape index (κ2) is 6.99. The molecule has 0 saturated heterocycles. The summed E-state index contributed by atoms with van der Waals surface area (Å²) in [5.74, 6) is -2.71. The van der Waals surface area contributed by atoms with Crippen molar-refractivity contribution < 1.29 is 28.0 Å². The summed E-state index contributed by atoms with van der Waals surface area (Å²) < 4.78 is 29.5. The van der Waals surface area contributed by atoms with E-state index in [1.165, 1.54) is 6.07 Å². The van der Waals surface area contributed by atoms with E-state index in [-0.39, 0.29) is 5.76 Å². The van der Waals surface area contributed by atoms with Crippen molar-refractivity contribution in [2.45, 2.75) is 25.8 Å². The van der Waals surface area contributed by atoms with Gasteiger partial charge in [-0.15, -0.1) is 0 Å². The third-order valence-electron chi connectivity index (χ3n) is 3.10. The lowest BCUT2D eigenvalue weighted by atomic mass is 10.1. The minimum Gasteiger partial charge on any atom is -0.480 e. The second-order valence-corrected chi connectivity index (χ2v) is 4.93. The number of carbonyl (C=O) groups excluding carboxylic acids is 1. The molecule has 0 aliphatic carbocycles. The molecular formula is C15H14F2N2O4. The molecule has 0 aliphatic heterocycles. The van der Waals surface area contributed by atoms with Gasteiger partial charge in [-0.2, -0.15) is 0 Å². The number of nitrogens with one attached hydrogen (secondary N) is 1. The van der Waals surface area contributed by atoms with Crippen molar-refractivity contribution in [3.63, 3.8) is 0 Å². The van der Waals surface area contributed by atoms with Crippen LogP contribution in [0.1, 0.15) is 22.5 Å². The Morgan fingerprint density at radius 1 is 1.30 bits per heavy atom. The molecule has 23 heavy (non-hydrogen) atoms. The molecule has 0 fully saturated rings. The van der Waals surface area contributed by atoms with Crippen molar-refractivity contribution in [3.05, 3.63) is 41.7 Å². The summed E-state index contributed by atoms with van der Waals surface area (Å²) in [4.78, 5) is 22.8. The smallest absolute Gasteiger partial charge is 0.326 e. The van der Waals surface area contributed by atoms with Gasteiger partial charge in [0, 0.05) is 18.1 Å². The average molecular weight is 324 g/mol. The maximum atomic E-state index is 12.3. The number of carboxylic acid groups (broad SMARTS) is 1. The molecule has 0 aliphatic rings. The minimum atomic E-state index is -2.85. The van der Waals surface area contributed by atoms with Gasteiger partial charge in [0.1, 0.15) is 11.7 Å². The predicted octanol–water partition coefficient (Wildman–Crippen LogP) is 2.49. The van der Waals surface area contributed by atoms with E-state index in [4.69, 9.17) is 9.63 Å². The van der Waals surface area contributed by atoms with Gasteiger partial charge in [0.05, 0.1) is 0 Å². The number of benzene rings is 1. The second-order valence-electron chi connectivity index (χ2n) is 4.93. The highest BCUT2D eigenvalue weighted by molar-refractivity contribution is 5.95. The number of amides is 1. The summed E-state index contributed by atoms with van der Waals surface area (Å²) in [5.41, 5.74) is 2.14. The minimum absolute atomic E-state index is 0.249. The molecular weight excluding hydrogens is 310 g/mol. The van der Waals surface area contributed by atoms with E-state index in [0.717, 1.165) is 5.56 Å². The van der Waals surface area contributed by atoms with Crippen LogP contribution in [-0.4, -0.2) is 34.6 Å². The zero-order chi connectivity index (χ0) is 17.0. The number of aliphatic carboxylic acids is 1. The number of rotatable bonds is 6. The number of hydrogen-bond donors (Lipinski definition) is 2. The van der Waals surface area contributed by atoms with Crippen LogP contribution in [0.3, 0.4) is 0 Å². The summed E-state index contributed by atoms with van der Waals surface area (Å²) in [5, 5.41) is 14.5. The summed E-state index contributed by atoms with van der Waals surface area (Å²) in [6.45, 7) is 1.92. The lowest BCUT2D eigenvalue weighted by Crippen LogP contribution is -2.41. The maximum Gasteiger partial charge on any atom is 0.326 e. The van der Waals surface area contributed by atoms with Gasteiger partial charge in [-0.3, -0.25) is 4.79 Å². The molecule has 2 rings (SSSR count). The SMILES string of the molecule is Cc1ccc(-c2cc(C(=O)NC(CC(F)F)C(=O)O)on2)cc1. The molecule has 6 nitrogen and oxygen atoms in total. The number of carboxylic acids is 1. The Balaban J connectivity index is 2.11.